The number of phenols is 1. The van der Waals surface area contributed by atoms with E-state index < -0.39 is 0 Å². The zero-order chi connectivity index (χ0) is 21.1. The molecule has 2 aromatic rings. The van der Waals surface area contributed by atoms with Gasteiger partial charge in [-0.1, -0.05) is 0 Å². The number of benzene rings is 1. The van der Waals surface area contributed by atoms with Crippen LogP contribution in [0, 0.1) is 26.7 Å². The quantitative estimate of drug-likeness (QED) is 0.651. The number of hydrogen-bond acceptors (Lipinski definition) is 5. The lowest BCUT2D eigenvalue weighted by molar-refractivity contribution is -0.121. The first-order valence-electron chi connectivity index (χ1n) is 10.4. The van der Waals surface area contributed by atoms with E-state index >= 15 is 0 Å². The van der Waals surface area contributed by atoms with Gasteiger partial charge in [-0.05, 0) is 88.9 Å². The standard InChI is InChI=1S/C23H33N3O2S/c1-14-8-19(27)9-15(2)20(14)10-18(26(4)5)12-25-23(28)11-21(17-6-7-17)22-13-24-16(3)29-22/h8-9,13,17-18,21,27H,6-7,10-12H2,1-5H3,(H,25,28)/t18-,21+/m0/s1. The molecule has 0 bridgehead atoms. The largest absolute Gasteiger partial charge is 0.508 e. The van der Waals surface area contributed by atoms with E-state index in [2.05, 4.69) is 29.3 Å². The lowest BCUT2D eigenvalue weighted by Gasteiger charge is -2.26. The molecule has 0 aliphatic heterocycles. The molecule has 5 nitrogen and oxygen atoms in total. The van der Waals surface area contributed by atoms with E-state index in [1.165, 1.54) is 23.3 Å². The molecular formula is C23H33N3O2S. The number of aromatic hydroxyl groups is 1. The van der Waals surface area contributed by atoms with Gasteiger partial charge in [-0.15, -0.1) is 11.3 Å². The van der Waals surface area contributed by atoms with Crippen molar-refractivity contribution in [2.45, 2.75) is 58.4 Å². The van der Waals surface area contributed by atoms with Gasteiger partial charge in [-0.25, -0.2) is 4.98 Å². The van der Waals surface area contributed by atoms with Gasteiger partial charge in [0, 0.05) is 36.0 Å². The van der Waals surface area contributed by atoms with Crippen LogP contribution in [0.2, 0.25) is 0 Å². The Morgan fingerprint density at radius 1 is 1.28 bits per heavy atom. The van der Waals surface area contributed by atoms with Crippen LogP contribution >= 0.6 is 11.3 Å². The molecule has 1 amide bonds. The van der Waals surface area contributed by atoms with Gasteiger partial charge in [0.25, 0.3) is 0 Å². The summed E-state index contributed by atoms with van der Waals surface area (Å²) in [5.41, 5.74) is 3.43. The maximum absolute atomic E-state index is 12.7. The van der Waals surface area contributed by atoms with Crippen molar-refractivity contribution in [3.8, 4) is 5.75 Å². The number of nitrogens with one attached hydrogen (secondary N) is 1. The molecule has 1 saturated carbocycles. The summed E-state index contributed by atoms with van der Waals surface area (Å²) in [6.07, 6.45) is 5.77. The maximum atomic E-state index is 12.7. The lowest BCUT2D eigenvalue weighted by Crippen LogP contribution is -2.42. The lowest BCUT2D eigenvalue weighted by atomic mass is 9.95. The van der Waals surface area contributed by atoms with Gasteiger partial charge >= 0.3 is 0 Å². The molecule has 2 N–H and O–H groups in total. The van der Waals surface area contributed by atoms with Gasteiger partial charge in [0.05, 0.1) is 5.01 Å². The molecule has 158 valence electrons. The van der Waals surface area contributed by atoms with Gasteiger partial charge in [-0.2, -0.15) is 0 Å². The number of aromatic nitrogens is 1. The summed E-state index contributed by atoms with van der Waals surface area (Å²) in [7, 11) is 4.10. The molecule has 0 radical (unpaired) electrons. The predicted octanol–water partition coefficient (Wildman–Crippen LogP) is 3.95. The van der Waals surface area contributed by atoms with E-state index in [-0.39, 0.29) is 11.9 Å². The smallest absolute Gasteiger partial charge is 0.220 e. The van der Waals surface area contributed by atoms with Crippen LogP contribution < -0.4 is 5.32 Å². The van der Waals surface area contributed by atoms with Crippen molar-refractivity contribution in [3.63, 3.8) is 0 Å². The third kappa shape index (κ3) is 5.80. The molecule has 1 aromatic heterocycles. The van der Waals surface area contributed by atoms with Crippen molar-refractivity contribution in [1.29, 1.82) is 0 Å². The van der Waals surface area contributed by atoms with Crippen molar-refractivity contribution in [3.05, 3.63) is 44.9 Å². The Labute approximate surface area is 178 Å². The van der Waals surface area contributed by atoms with E-state index in [1.54, 1.807) is 11.3 Å². The van der Waals surface area contributed by atoms with E-state index in [0.29, 0.717) is 30.6 Å². The fourth-order valence-electron chi connectivity index (χ4n) is 4.02. The molecule has 1 aliphatic carbocycles. The SMILES string of the molecule is Cc1ncc([C@H](CC(=O)NC[C@H](Cc2c(C)cc(O)cc2C)N(C)C)C2CC2)s1. The number of phenolic OH excluding ortho intramolecular Hbond substituents is 1. The molecule has 1 aliphatic rings. The molecule has 1 aromatic carbocycles. The van der Waals surface area contributed by atoms with Crippen molar-refractivity contribution in [2.75, 3.05) is 20.6 Å². The first-order valence-corrected chi connectivity index (χ1v) is 11.2. The molecule has 1 heterocycles. The Kier molecular flexibility index (Phi) is 6.96. The van der Waals surface area contributed by atoms with Gasteiger partial charge in [0.2, 0.25) is 5.91 Å². The number of aryl methyl sites for hydroxylation is 3. The molecule has 29 heavy (non-hydrogen) atoms. The van der Waals surface area contributed by atoms with E-state index in [9.17, 15) is 9.90 Å². The minimum atomic E-state index is 0.124. The van der Waals surface area contributed by atoms with E-state index in [4.69, 9.17) is 0 Å². The number of nitrogens with zero attached hydrogens (tertiary/aromatic N) is 2. The van der Waals surface area contributed by atoms with Crippen molar-refractivity contribution in [2.24, 2.45) is 5.92 Å². The second kappa shape index (κ2) is 9.26. The highest BCUT2D eigenvalue weighted by Gasteiger charge is 2.35. The summed E-state index contributed by atoms with van der Waals surface area (Å²) in [6.45, 7) is 6.70. The van der Waals surface area contributed by atoms with Crippen LogP contribution in [0.5, 0.6) is 5.75 Å². The number of likely N-dealkylation sites (N-methyl/N-ethyl adjacent to an activating group) is 1. The summed E-state index contributed by atoms with van der Waals surface area (Å²) in [4.78, 5) is 20.5. The number of hydrogen-bond donors (Lipinski definition) is 2. The number of thiazole rings is 1. The van der Waals surface area contributed by atoms with Gasteiger partial charge in [-0.3, -0.25) is 4.79 Å². The average molecular weight is 416 g/mol. The zero-order valence-electron chi connectivity index (χ0n) is 18.2. The Morgan fingerprint density at radius 2 is 1.93 bits per heavy atom. The van der Waals surface area contributed by atoms with Crippen molar-refractivity contribution >= 4 is 17.2 Å². The molecule has 0 spiro atoms. The van der Waals surface area contributed by atoms with Crippen LogP contribution in [0.15, 0.2) is 18.3 Å². The number of carbonyl (C=O) groups excluding carboxylic acids is 1. The first-order chi connectivity index (χ1) is 13.7. The summed E-state index contributed by atoms with van der Waals surface area (Å²) in [5, 5.41) is 14.0. The topological polar surface area (TPSA) is 65.5 Å². The average Bonchev–Trinajstić information content (AvgIpc) is 3.38. The summed E-state index contributed by atoms with van der Waals surface area (Å²) >= 11 is 1.72. The number of rotatable bonds is 9. The molecule has 1 fully saturated rings. The summed E-state index contributed by atoms with van der Waals surface area (Å²) in [6, 6.07) is 3.82. The van der Waals surface area contributed by atoms with Crippen LogP contribution in [0.3, 0.4) is 0 Å². The van der Waals surface area contributed by atoms with Crippen molar-refractivity contribution < 1.29 is 9.90 Å². The maximum Gasteiger partial charge on any atom is 0.220 e. The normalized spacial score (nSPS) is 16.1. The first kappa shape index (κ1) is 21.8. The highest BCUT2D eigenvalue weighted by Crippen LogP contribution is 2.45. The Bertz CT molecular complexity index is 835. The molecule has 0 saturated heterocycles. The molecule has 0 unspecified atom stereocenters. The second-order valence-corrected chi connectivity index (χ2v) is 9.88. The molecule has 3 rings (SSSR count). The van der Waals surface area contributed by atoms with Crippen LogP contribution in [0.25, 0.3) is 0 Å². The second-order valence-electron chi connectivity index (χ2n) is 8.61. The minimum absolute atomic E-state index is 0.124. The van der Waals surface area contributed by atoms with Crippen LogP contribution in [-0.2, 0) is 11.2 Å². The van der Waals surface area contributed by atoms with E-state index in [0.717, 1.165) is 22.6 Å². The Hall–Kier alpha value is -1.92. The predicted molar refractivity (Wildman–Crippen MR) is 119 cm³/mol. The molecule has 6 heteroatoms. The highest BCUT2D eigenvalue weighted by atomic mass is 32.1. The molecular weight excluding hydrogens is 382 g/mol. The molecule has 2 atom stereocenters. The summed E-state index contributed by atoms with van der Waals surface area (Å²) < 4.78 is 0. The summed E-state index contributed by atoms with van der Waals surface area (Å²) in [5.74, 6) is 1.37. The third-order valence-electron chi connectivity index (χ3n) is 5.99. The third-order valence-corrected chi connectivity index (χ3v) is 7.03. The Morgan fingerprint density at radius 3 is 2.45 bits per heavy atom. The van der Waals surface area contributed by atoms with Crippen LogP contribution in [-0.4, -0.2) is 47.6 Å². The number of carbonyl (C=O) groups is 1. The van der Waals surface area contributed by atoms with Crippen LogP contribution in [0.4, 0.5) is 0 Å². The minimum Gasteiger partial charge on any atom is -0.508 e. The fourth-order valence-corrected chi connectivity index (χ4v) is 5.00. The van der Waals surface area contributed by atoms with Crippen molar-refractivity contribution in [1.82, 2.24) is 15.2 Å². The van der Waals surface area contributed by atoms with Crippen LogP contribution in [0.1, 0.15) is 51.8 Å². The van der Waals surface area contributed by atoms with Gasteiger partial charge < -0.3 is 15.3 Å². The van der Waals surface area contributed by atoms with E-state index in [1.807, 2.05) is 39.1 Å². The number of amides is 1. The zero-order valence-corrected chi connectivity index (χ0v) is 19.0. The van der Waals surface area contributed by atoms with Gasteiger partial charge in [0.1, 0.15) is 5.75 Å². The monoisotopic (exact) mass is 415 g/mol. The fraction of sp³-hybridized carbons (Fsp3) is 0.565. The van der Waals surface area contributed by atoms with Gasteiger partial charge in [0.15, 0.2) is 0 Å². The highest BCUT2D eigenvalue weighted by molar-refractivity contribution is 7.11. The Balaban J connectivity index is 1.61.